The van der Waals surface area contributed by atoms with Gasteiger partial charge in [0, 0.05) is 12.2 Å². The van der Waals surface area contributed by atoms with E-state index in [2.05, 4.69) is 31.0 Å². The average molecular weight is 424 g/mol. The summed E-state index contributed by atoms with van der Waals surface area (Å²) in [5, 5.41) is 0.738. The van der Waals surface area contributed by atoms with Crippen LogP contribution >= 0.6 is 22.7 Å². The molecule has 0 spiro atoms. The van der Waals surface area contributed by atoms with Gasteiger partial charge in [-0.05, 0) is 56.0 Å². The van der Waals surface area contributed by atoms with Crippen molar-refractivity contribution in [2.24, 2.45) is 0 Å². The predicted octanol–water partition coefficient (Wildman–Crippen LogP) is 5.35. The highest BCUT2D eigenvalue weighted by Crippen LogP contribution is 2.34. The molecule has 1 atom stereocenters. The molecule has 2 aromatic carbocycles. The molecule has 0 bridgehead atoms. The number of hydrogen-bond acceptors (Lipinski definition) is 6. The molecule has 0 radical (unpaired) electrons. The molecule has 0 saturated carbocycles. The Kier molecular flexibility index (Phi) is 4.81. The number of aryl methyl sites for hydroxylation is 2. The minimum Gasteiger partial charge on any atom is -0.376 e. The zero-order chi connectivity index (χ0) is 20.0. The maximum atomic E-state index is 13.6. The number of nitrogens with zero attached hydrogens (tertiary/aromatic N) is 3. The molecule has 1 fully saturated rings. The first kappa shape index (κ1) is 18.7. The van der Waals surface area contributed by atoms with E-state index in [-0.39, 0.29) is 12.0 Å². The lowest BCUT2D eigenvalue weighted by atomic mass is 10.1. The number of carbonyl (C=O) groups excluding carboxylic acids is 1. The van der Waals surface area contributed by atoms with Gasteiger partial charge in [0.05, 0.1) is 38.6 Å². The van der Waals surface area contributed by atoms with Gasteiger partial charge < -0.3 is 4.74 Å². The van der Waals surface area contributed by atoms with E-state index in [1.165, 1.54) is 5.56 Å². The lowest BCUT2D eigenvalue weighted by Gasteiger charge is -2.23. The second-order valence-corrected chi connectivity index (χ2v) is 9.32. The SMILES string of the molecule is Cc1ccc(C)c2sc(N(CC3CCCO3)C(=O)c3ccc4ncsc4c3)nc12. The minimum absolute atomic E-state index is 0.0369. The number of benzene rings is 2. The van der Waals surface area contributed by atoms with Crippen molar-refractivity contribution in [1.29, 1.82) is 0 Å². The molecule has 1 aliphatic heterocycles. The van der Waals surface area contributed by atoms with Crippen LogP contribution in [0.2, 0.25) is 0 Å². The summed E-state index contributed by atoms with van der Waals surface area (Å²) >= 11 is 3.13. The molecule has 4 aromatic rings. The normalized spacial score (nSPS) is 16.7. The first-order valence-electron chi connectivity index (χ1n) is 9.73. The Hall–Kier alpha value is -2.35. The minimum atomic E-state index is -0.0369. The number of aromatic nitrogens is 2. The largest absolute Gasteiger partial charge is 0.376 e. The molecule has 1 aliphatic rings. The Morgan fingerprint density at radius 1 is 1.24 bits per heavy atom. The Bertz CT molecular complexity index is 1170. The maximum absolute atomic E-state index is 13.6. The van der Waals surface area contributed by atoms with Crippen LogP contribution < -0.4 is 4.90 Å². The summed E-state index contributed by atoms with van der Waals surface area (Å²) < 4.78 is 8.00. The van der Waals surface area contributed by atoms with Gasteiger partial charge in [0.1, 0.15) is 0 Å². The molecule has 148 valence electrons. The number of hydrogen-bond donors (Lipinski definition) is 0. The number of amides is 1. The molecular formula is C22H21N3O2S2. The highest BCUT2D eigenvalue weighted by atomic mass is 32.1. The fourth-order valence-electron chi connectivity index (χ4n) is 3.75. The van der Waals surface area contributed by atoms with Gasteiger partial charge >= 0.3 is 0 Å². The van der Waals surface area contributed by atoms with Crippen molar-refractivity contribution >= 4 is 54.1 Å². The molecule has 0 N–H and O–H groups in total. The molecule has 29 heavy (non-hydrogen) atoms. The summed E-state index contributed by atoms with van der Waals surface area (Å²) in [6.07, 6.45) is 2.07. The smallest absolute Gasteiger partial charge is 0.260 e. The van der Waals surface area contributed by atoms with E-state index in [0.717, 1.165) is 50.6 Å². The van der Waals surface area contributed by atoms with Crippen LogP contribution in [0.25, 0.3) is 20.4 Å². The monoisotopic (exact) mass is 423 g/mol. The van der Waals surface area contributed by atoms with Crippen molar-refractivity contribution in [2.45, 2.75) is 32.8 Å². The number of thiazole rings is 2. The summed E-state index contributed by atoms with van der Waals surface area (Å²) in [5.41, 5.74) is 6.68. The Morgan fingerprint density at radius 2 is 2.10 bits per heavy atom. The van der Waals surface area contributed by atoms with Crippen LogP contribution in [0.3, 0.4) is 0 Å². The molecule has 5 nitrogen and oxygen atoms in total. The quantitative estimate of drug-likeness (QED) is 0.444. The molecule has 7 heteroatoms. The Morgan fingerprint density at radius 3 is 2.90 bits per heavy atom. The van der Waals surface area contributed by atoms with Crippen molar-refractivity contribution in [2.75, 3.05) is 18.1 Å². The van der Waals surface area contributed by atoms with Crippen molar-refractivity contribution < 1.29 is 9.53 Å². The topological polar surface area (TPSA) is 55.3 Å². The van der Waals surface area contributed by atoms with E-state index < -0.39 is 0 Å². The van der Waals surface area contributed by atoms with E-state index >= 15 is 0 Å². The summed E-state index contributed by atoms with van der Waals surface area (Å²) in [4.78, 5) is 24.6. The number of rotatable bonds is 4. The Labute approximate surface area is 177 Å². The predicted molar refractivity (Wildman–Crippen MR) is 119 cm³/mol. The third kappa shape index (κ3) is 3.43. The van der Waals surface area contributed by atoms with Gasteiger partial charge in [-0.2, -0.15) is 0 Å². The second kappa shape index (κ2) is 7.48. The lowest BCUT2D eigenvalue weighted by Crippen LogP contribution is -2.37. The molecule has 3 heterocycles. The van der Waals surface area contributed by atoms with Crippen LogP contribution in [0.5, 0.6) is 0 Å². The van der Waals surface area contributed by atoms with Gasteiger partial charge in [-0.15, -0.1) is 11.3 Å². The van der Waals surface area contributed by atoms with Crippen molar-refractivity contribution in [1.82, 2.24) is 9.97 Å². The van der Waals surface area contributed by atoms with Crippen LogP contribution in [0, 0.1) is 13.8 Å². The van der Waals surface area contributed by atoms with E-state index in [1.54, 1.807) is 22.7 Å². The average Bonchev–Trinajstić information content (AvgIpc) is 3.48. The summed E-state index contributed by atoms with van der Waals surface area (Å²) in [7, 11) is 0. The highest BCUT2D eigenvalue weighted by Gasteiger charge is 2.27. The van der Waals surface area contributed by atoms with E-state index in [0.29, 0.717) is 12.1 Å². The van der Waals surface area contributed by atoms with Gasteiger partial charge in [-0.3, -0.25) is 9.69 Å². The Balaban J connectivity index is 1.58. The number of fused-ring (bicyclic) bond motifs is 2. The fourth-order valence-corrected chi connectivity index (χ4v) is 5.58. The van der Waals surface area contributed by atoms with Crippen LogP contribution in [0.4, 0.5) is 5.13 Å². The summed E-state index contributed by atoms with van der Waals surface area (Å²) in [6.45, 7) is 5.44. The lowest BCUT2D eigenvalue weighted by molar-refractivity contribution is 0.0917. The zero-order valence-electron chi connectivity index (χ0n) is 16.3. The molecule has 2 aromatic heterocycles. The standard InChI is InChI=1S/C22H21N3O2S2/c1-13-5-6-14(2)20-19(13)24-22(29-20)25(11-16-4-3-9-27-16)21(26)15-7-8-17-18(10-15)28-12-23-17/h5-8,10,12,16H,3-4,9,11H2,1-2H3. The van der Waals surface area contributed by atoms with E-state index in [9.17, 15) is 4.79 Å². The van der Waals surface area contributed by atoms with Crippen LogP contribution in [0.15, 0.2) is 35.8 Å². The molecule has 0 aliphatic carbocycles. The molecule has 1 unspecified atom stereocenters. The third-order valence-corrected chi connectivity index (χ3v) is 7.40. The van der Waals surface area contributed by atoms with Gasteiger partial charge in [-0.25, -0.2) is 9.97 Å². The van der Waals surface area contributed by atoms with E-state index in [1.807, 2.05) is 28.6 Å². The van der Waals surface area contributed by atoms with Crippen LogP contribution in [0.1, 0.15) is 34.3 Å². The summed E-state index contributed by atoms with van der Waals surface area (Å²) in [6, 6.07) is 9.91. The first-order valence-corrected chi connectivity index (χ1v) is 11.4. The van der Waals surface area contributed by atoms with Gasteiger partial charge in [-0.1, -0.05) is 23.5 Å². The molecule has 1 saturated heterocycles. The van der Waals surface area contributed by atoms with Crippen molar-refractivity contribution in [3.05, 3.63) is 52.5 Å². The third-order valence-electron chi connectivity index (χ3n) is 5.40. The number of anilines is 1. The van der Waals surface area contributed by atoms with Crippen molar-refractivity contribution in [3.8, 4) is 0 Å². The van der Waals surface area contributed by atoms with Crippen LogP contribution in [-0.4, -0.2) is 35.1 Å². The van der Waals surface area contributed by atoms with Crippen LogP contribution in [-0.2, 0) is 4.74 Å². The molecule has 1 amide bonds. The number of ether oxygens (including phenoxy) is 1. The number of carbonyl (C=O) groups is 1. The van der Waals surface area contributed by atoms with Gasteiger partial charge in [0.2, 0.25) is 0 Å². The molecule has 5 rings (SSSR count). The first-order chi connectivity index (χ1) is 14.1. The second-order valence-electron chi connectivity index (χ2n) is 7.46. The van der Waals surface area contributed by atoms with E-state index in [4.69, 9.17) is 9.72 Å². The molecular weight excluding hydrogens is 402 g/mol. The fraction of sp³-hybridized carbons (Fsp3) is 0.318. The maximum Gasteiger partial charge on any atom is 0.260 e. The van der Waals surface area contributed by atoms with Crippen molar-refractivity contribution in [3.63, 3.8) is 0 Å². The van der Waals surface area contributed by atoms with Gasteiger partial charge in [0.15, 0.2) is 5.13 Å². The zero-order valence-corrected chi connectivity index (χ0v) is 18.0. The highest BCUT2D eigenvalue weighted by molar-refractivity contribution is 7.22. The van der Waals surface area contributed by atoms with Gasteiger partial charge in [0.25, 0.3) is 5.91 Å². The summed E-state index contributed by atoms with van der Waals surface area (Å²) in [5.74, 6) is -0.0369.